The van der Waals surface area contributed by atoms with E-state index in [0.29, 0.717) is 11.6 Å². The van der Waals surface area contributed by atoms with Crippen LogP contribution in [-0.2, 0) is 0 Å². The van der Waals surface area contributed by atoms with Gasteiger partial charge < -0.3 is 0 Å². The van der Waals surface area contributed by atoms with Crippen LogP contribution in [0.3, 0.4) is 0 Å². The van der Waals surface area contributed by atoms with Crippen molar-refractivity contribution in [2.45, 2.75) is 0 Å². The minimum absolute atomic E-state index is 0.585. The van der Waals surface area contributed by atoms with E-state index in [0.717, 1.165) is 11.4 Å². The molecule has 0 aliphatic carbocycles. The molecule has 0 aliphatic rings. The molecule has 0 saturated carbocycles. The second-order valence-corrected chi connectivity index (χ2v) is 4.38. The molecule has 0 aliphatic heterocycles. The molecule has 106 valence electrons. The molecule has 5 nitrogen and oxygen atoms in total. The van der Waals surface area contributed by atoms with Crippen molar-refractivity contribution in [1.29, 1.82) is 0 Å². The number of aliphatic imine (C=N–C) groups is 2. The molecule has 0 N–H and O–H groups in total. The highest BCUT2D eigenvalue weighted by molar-refractivity contribution is 5.80. The molecule has 3 rings (SSSR count). The third-order valence-corrected chi connectivity index (χ3v) is 2.75. The molecule has 0 bridgehead atoms. The van der Waals surface area contributed by atoms with E-state index in [-0.39, 0.29) is 0 Å². The number of hydrogen-bond donors (Lipinski definition) is 0. The lowest BCUT2D eigenvalue weighted by molar-refractivity contribution is 1.23. The topological polar surface area (TPSA) is 63.4 Å². The van der Waals surface area contributed by atoms with E-state index in [4.69, 9.17) is 0 Å². The summed E-state index contributed by atoms with van der Waals surface area (Å²) in [6.07, 6.45) is 6.80. The lowest BCUT2D eigenvalue weighted by Crippen LogP contribution is -1.86. The summed E-state index contributed by atoms with van der Waals surface area (Å²) in [5.74, 6) is 1.17. The van der Waals surface area contributed by atoms with Gasteiger partial charge in [0, 0.05) is 12.4 Å². The van der Waals surface area contributed by atoms with Gasteiger partial charge in [-0.05, 0) is 36.4 Å². The first-order chi connectivity index (χ1) is 10.9. The number of rotatable bonds is 4. The zero-order chi connectivity index (χ0) is 15.0. The van der Waals surface area contributed by atoms with Gasteiger partial charge in [-0.2, -0.15) is 0 Å². The van der Waals surface area contributed by atoms with Crippen LogP contribution in [0.4, 0.5) is 11.6 Å². The number of aromatic nitrogens is 3. The lowest BCUT2D eigenvalue weighted by atomic mass is 10.4. The van der Waals surface area contributed by atoms with E-state index >= 15 is 0 Å². The van der Waals surface area contributed by atoms with Crippen molar-refractivity contribution in [3.63, 3.8) is 0 Å². The third kappa shape index (κ3) is 3.89. The first-order valence-electron chi connectivity index (χ1n) is 6.77. The van der Waals surface area contributed by atoms with Gasteiger partial charge in [0.25, 0.3) is 0 Å². The minimum Gasteiger partial charge on any atom is -0.255 e. The van der Waals surface area contributed by atoms with E-state index in [1.54, 1.807) is 24.8 Å². The quantitative estimate of drug-likeness (QED) is 0.691. The smallest absolute Gasteiger partial charge is 0.154 e. The largest absolute Gasteiger partial charge is 0.255 e. The molecule has 0 aromatic carbocycles. The summed E-state index contributed by atoms with van der Waals surface area (Å²) in [6.45, 7) is 0. The van der Waals surface area contributed by atoms with Gasteiger partial charge in [0.2, 0.25) is 0 Å². The Kier molecular flexibility index (Phi) is 4.37. The monoisotopic (exact) mass is 287 g/mol. The second kappa shape index (κ2) is 6.99. The van der Waals surface area contributed by atoms with Gasteiger partial charge in [-0.1, -0.05) is 18.2 Å². The number of nitrogens with zero attached hydrogens (tertiary/aromatic N) is 5. The zero-order valence-corrected chi connectivity index (χ0v) is 11.7. The Labute approximate surface area is 128 Å². The summed E-state index contributed by atoms with van der Waals surface area (Å²) in [5, 5.41) is 0. The minimum atomic E-state index is 0.585. The number of hydrogen-bond acceptors (Lipinski definition) is 5. The summed E-state index contributed by atoms with van der Waals surface area (Å²) in [7, 11) is 0. The molecular formula is C17H13N5. The van der Waals surface area contributed by atoms with Crippen molar-refractivity contribution in [2.24, 2.45) is 9.98 Å². The highest BCUT2D eigenvalue weighted by atomic mass is 15.0. The van der Waals surface area contributed by atoms with Gasteiger partial charge in [-0.25, -0.2) is 15.0 Å². The predicted molar refractivity (Wildman–Crippen MR) is 87.2 cm³/mol. The summed E-state index contributed by atoms with van der Waals surface area (Å²) in [4.78, 5) is 21.3. The molecular weight excluding hydrogens is 274 g/mol. The third-order valence-electron chi connectivity index (χ3n) is 2.75. The zero-order valence-electron chi connectivity index (χ0n) is 11.7. The van der Waals surface area contributed by atoms with Crippen molar-refractivity contribution in [3.05, 3.63) is 78.4 Å². The first kappa shape index (κ1) is 13.8. The fraction of sp³-hybridized carbons (Fsp3) is 0. The highest BCUT2D eigenvalue weighted by Crippen LogP contribution is 2.14. The van der Waals surface area contributed by atoms with Crippen LogP contribution < -0.4 is 0 Å². The Morgan fingerprint density at radius 1 is 0.636 bits per heavy atom. The standard InChI is InChI=1S/C17H13N5/c1-3-10-18-14(6-1)12-20-16-8-5-9-17(22-16)21-13-15-7-2-4-11-19-15/h1-13H. The van der Waals surface area contributed by atoms with Crippen molar-refractivity contribution in [3.8, 4) is 0 Å². The molecule has 0 saturated heterocycles. The molecule has 0 unspecified atom stereocenters. The molecule has 0 fully saturated rings. The van der Waals surface area contributed by atoms with Crippen molar-refractivity contribution < 1.29 is 0 Å². The molecule has 5 heteroatoms. The summed E-state index contributed by atoms with van der Waals surface area (Å²) >= 11 is 0. The second-order valence-electron chi connectivity index (χ2n) is 4.38. The maximum absolute atomic E-state index is 4.35. The van der Waals surface area contributed by atoms with E-state index in [9.17, 15) is 0 Å². The van der Waals surface area contributed by atoms with E-state index in [2.05, 4.69) is 24.9 Å². The molecule has 0 amide bonds. The average Bonchev–Trinajstić information content (AvgIpc) is 2.60. The molecule has 3 aromatic heterocycles. The Balaban J connectivity index is 1.75. The van der Waals surface area contributed by atoms with Crippen molar-refractivity contribution >= 4 is 24.1 Å². The van der Waals surface area contributed by atoms with Crippen LogP contribution >= 0.6 is 0 Å². The molecule has 0 atom stereocenters. The number of pyridine rings is 3. The maximum Gasteiger partial charge on any atom is 0.154 e. The van der Waals surface area contributed by atoms with Gasteiger partial charge in [-0.3, -0.25) is 9.97 Å². The van der Waals surface area contributed by atoms with Gasteiger partial charge in [-0.15, -0.1) is 0 Å². The molecule has 3 heterocycles. The Morgan fingerprint density at radius 3 is 1.64 bits per heavy atom. The van der Waals surface area contributed by atoms with Gasteiger partial charge in [0.05, 0.1) is 23.8 Å². The molecule has 0 radical (unpaired) electrons. The Bertz CT molecular complexity index is 718. The van der Waals surface area contributed by atoms with E-state index in [1.165, 1.54) is 0 Å². The van der Waals surface area contributed by atoms with Crippen LogP contribution in [0.5, 0.6) is 0 Å². The maximum atomic E-state index is 4.35. The predicted octanol–water partition coefficient (Wildman–Crippen LogP) is 3.37. The van der Waals surface area contributed by atoms with E-state index in [1.807, 2.05) is 54.6 Å². The van der Waals surface area contributed by atoms with Crippen LogP contribution in [-0.4, -0.2) is 27.4 Å². The Morgan fingerprint density at radius 2 is 1.18 bits per heavy atom. The lowest BCUT2D eigenvalue weighted by Gasteiger charge is -1.96. The van der Waals surface area contributed by atoms with Crippen LogP contribution in [0.1, 0.15) is 11.4 Å². The normalized spacial score (nSPS) is 11.3. The van der Waals surface area contributed by atoms with Crippen molar-refractivity contribution in [2.75, 3.05) is 0 Å². The average molecular weight is 287 g/mol. The van der Waals surface area contributed by atoms with E-state index < -0.39 is 0 Å². The summed E-state index contributed by atoms with van der Waals surface area (Å²) in [6, 6.07) is 16.8. The van der Waals surface area contributed by atoms with Crippen LogP contribution in [0, 0.1) is 0 Å². The fourth-order valence-electron chi connectivity index (χ4n) is 1.73. The Hall–Kier alpha value is -3.21. The van der Waals surface area contributed by atoms with Crippen LogP contribution in [0.2, 0.25) is 0 Å². The van der Waals surface area contributed by atoms with Crippen LogP contribution in [0.25, 0.3) is 0 Å². The van der Waals surface area contributed by atoms with Gasteiger partial charge in [0.1, 0.15) is 0 Å². The summed E-state index contributed by atoms with van der Waals surface area (Å²) < 4.78 is 0. The van der Waals surface area contributed by atoms with Gasteiger partial charge >= 0.3 is 0 Å². The van der Waals surface area contributed by atoms with Crippen LogP contribution in [0.15, 0.2) is 77.0 Å². The van der Waals surface area contributed by atoms with Gasteiger partial charge in [0.15, 0.2) is 11.6 Å². The molecule has 0 spiro atoms. The fourth-order valence-corrected chi connectivity index (χ4v) is 1.73. The highest BCUT2D eigenvalue weighted by Gasteiger charge is 1.94. The molecule has 3 aromatic rings. The SMILES string of the molecule is C(=Nc1cccc(N=Cc2ccccn2)n1)c1ccccn1. The summed E-state index contributed by atoms with van der Waals surface area (Å²) in [5.41, 5.74) is 1.57. The first-order valence-corrected chi connectivity index (χ1v) is 6.77. The molecule has 22 heavy (non-hydrogen) atoms. The van der Waals surface area contributed by atoms with Crippen molar-refractivity contribution in [1.82, 2.24) is 15.0 Å².